The molecule has 2 nitrogen and oxygen atoms in total. The molecular weight excluding hydrogens is 545 g/mol. The summed E-state index contributed by atoms with van der Waals surface area (Å²) in [5.41, 5.74) is 6.24. The molecular formula is C40H22O2S. The fourth-order valence-electron chi connectivity index (χ4n) is 7.04. The molecule has 0 aliphatic carbocycles. The zero-order valence-electron chi connectivity index (χ0n) is 22.9. The van der Waals surface area contributed by atoms with Crippen LogP contribution in [0.1, 0.15) is 0 Å². The van der Waals surface area contributed by atoms with Crippen LogP contribution in [0.15, 0.2) is 142 Å². The number of para-hydroxylation sites is 1. The standard InChI is InChI=1S/C40H22O2S/c1-3-12-28-26(10-1)38(23-17-18-25-24-9-6-8-16-36(24)43-37(25)21-23)27-11-2-4-13-29(27)39(28)35-22-31-33(42-35)19-20-34-40(31)30-14-5-7-15-32(30)41-34/h1-22H. The third-order valence-electron chi connectivity index (χ3n) is 8.88. The second-order valence-electron chi connectivity index (χ2n) is 11.2. The molecule has 0 aliphatic heterocycles. The van der Waals surface area contributed by atoms with Crippen LogP contribution >= 0.6 is 11.3 Å². The Morgan fingerprint density at radius 3 is 1.72 bits per heavy atom. The topological polar surface area (TPSA) is 26.3 Å². The molecule has 0 amide bonds. The summed E-state index contributed by atoms with van der Waals surface area (Å²) in [6.45, 7) is 0. The summed E-state index contributed by atoms with van der Waals surface area (Å²) in [6, 6.07) is 47.6. The van der Waals surface area contributed by atoms with Crippen molar-refractivity contribution in [2.75, 3.05) is 0 Å². The molecule has 3 heteroatoms. The number of furan rings is 2. The van der Waals surface area contributed by atoms with E-state index in [0.29, 0.717) is 0 Å². The van der Waals surface area contributed by atoms with Crippen molar-refractivity contribution in [2.45, 2.75) is 0 Å². The number of benzene rings is 7. The lowest BCUT2D eigenvalue weighted by Gasteiger charge is -2.16. The molecule has 0 aliphatic rings. The van der Waals surface area contributed by atoms with Crippen molar-refractivity contribution in [3.05, 3.63) is 133 Å². The second-order valence-corrected chi connectivity index (χ2v) is 12.3. The van der Waals surface area contributed by atoms with Crippen LogP contribution in [0.3, 0.4) is 0 Å². The molecule has 0 radical (unpaired) electrons. The molecule has 43 heavy (non-hydrogen) atoms. The predicted molar refractivity (Wildman–Crippen MR) is 182 cm³/mol. The average molecular weight is 567 g/mol. The van der Waals surface area contributed by atoms with Gasteiger partial charge >= 0.3 is 0 Å². The van der Waals surface area contributed by atoms with E-state index in [1.54, 1.807) is 0 Å². The van der Waals surface area contributed by atoms with Gasteiger partial charge < -0.3 is 8.83 Å². The monoisotopic (exact) mass is 566 g/mol. The maximum atomic E-state index is 6.69. The summed E-state index contributed by atoms with van der Waals surface area (Å²) in [7, 11) is 0. The molecule has 0 spiro atoms. The van der Waals surface area contributed by atoms with Crippen molar-refractivity contribution in [3.8, 4) is 22.5 Å². The first kappa shape index (κ1) is 23.2. The minimum Gasteiger partial charge on any atom is -0.456 e. The van der Waals surface area contributed by atoms with E-state index in [0.717, 1.165) is 44.2 Å². The highest BCUT2D eigenvalue weighted by molar-refractivity contribution is 7.25. The van der Waals surface area contributed by atoms with Crippen LogP contribution in [-0.4, -0.2) is 0 Å². The quantitative estimate of drug-likeness (QED) is 0.195. The van der Waals surface area contributed by atoms with Crippen molar-refractivity contribution in [1.29, 1.82) is 0 Å². The first-order valence-corrected chi connectivity index (χ1v) is 15.3. The van der Waals surface area contributed by atoms with Crippen molar-refractivity contribution < 1.29 is 8.83 Å². The highest BCUT2D eigenvalue weighted by Gasteiger charge is 2.21. The van der Waals surface area contributed by atoms with Crippen LogP contribution < -0.4 is 0 Å². The lowest BCUT2D eigenvalue weighted by Crippen LogP contribution is -1.89. The van der Waals surface area contributed by atoms with Crippen LogP contribution in [0.2, 0.25) is 0 Å². The van der Waals surface area contributed by atoms with Gasteiger partial charge in [0.2, 0.25) is 0 Å². The number of thiophene rings is 1. The second kappa shape index (κ2) is 8.57. The predicted octanol–water partition coefficient (Wildman–Crippen LogP) is 12.3. The van der Waals surface area contributed by atoms with Crippen molar-refractivity contribution in [3.63, 3.8) is 0 Å². The van der Waals surface area contributed by atoms with Gasteiger partial charge in [-0.15, -0.1) is 11.3 Å². The van der Waals surface area contributed by atoms with Crippen molar-refractivity contribution >= 4 is 86.0 Å². The first-order chi connectivity index (χ1) is 21.3. The van der Waals surface area contributed by atoms with Gasteiger partial charge in [0, 0.05) is 41.9 Å². The summed E-state index contributed by atoms with van der Waals surface area (Å²) in [5, 5.41) is 10.7. The van der Waals surface area contributed by atoms with Crippen molar-refractivity contribution in [2.24, 2.45) is 0 Å². The number of rotatable bonds is 2. The third kappa shape index (κ3) is 3.23. The summed E-state index contributed by atoms with van der Waals surface area (Å²) in [6.07, 6.45) is 0. The largest absolute Gasteiger partial charge is 0.456 e. The van der Waals surface area contributed by atoms with E-state index in [4.69, 9.17) is 8.83 Å². The fraction of sp³-hybridized carbons (Fsp3) is 0. The summed E-state index contributed by atoms with van der Waals surface area (Å²) in [5.74, 6) is 0.867. The van der Waals surface area contributed by atoms with E-state index in [9.17, 15) is 0 Å². The molecule has 0 atom stereocenters. The van der Waals surface area contributed by atoms with Gasteiger partial charge in [0.1, 0.15) is 22.5 Å². The van der Waals surface area contributed by atoms with Crippen molar-refractivity contribution in [1.82, 2.24) is 0 Å². The van der Waals surface area contributed by atoms with Crippen LogP contribution in [0.4, 0.5) is 0 Å². The highest BCUT2D eigenvalue weighted by atomic mass is 32.1. The van der Waals surface area contributed by atoms with Crippen LogP contribution in [-0.2, 0) is 0 Å². The first-order valence-electron chi connectivity index (χ1n) is 14.5. The van der Waals surface area contributed by atoms with Crippen LogP contribution in [0.5, 0.6) is 0 Å². The Labute approximate surface area is 250 Å². The summed E-state index contributed by atoms with van der Waals surface area (Å²) < 4.78 is 15.5. The lowest BCUT2D eigenvalue weighted by atomic mass is 9.87. The van der Waals surface area contributed by atoms with Crippen LogP contribution in [0, 0.1) is 0 Å². The normalized spacial score (nSPS) is 12.2. The minimum atomic E-state index is 0.863. The number of fused-ring (bicyclic) bond motifs is 10. The summed E-state index contributed by atoms with van der Waals surface area (Å²) in [4.78, 5) is 0. The van der Waals surface area contributed by atoms with Gasteiger partial charge in [0.05, 0.1) is 0 Å². The molecule has 0 fully saturated rings. The van der Waals surface area contributed by atoms with Gasteiger partial charge in [-0.3, -0.25) is 0 Å². The SMILES string of the molecule is c1ccc2c(c1)oc1ccc3oc(-c4c5ccccc5c(-c5ccc6c(c5)sc5ccccc56)c5ccccc45)cc3c12. The van der Waals surface area contributed by atoms with E-state index in [1.165, 1.54) is 52.8 Å². The molecule has 0 saturated carbocycles. The smallest absolute Gasteiger partial charge is 0.136 e. The fourth-order valence-corrected chi connectivity index (χ4v) is 8.19. The maximum absolute atomic E-state index is 6.69. The highest BCUT2D eigenvalue weighted by Crippen LogP contribution is 2.47. The molecule has 200 valence electrons. The zero-order valence-corrected chi connectivity index (χ0v) is 23.7. The molecule has 0 unspecified atom stereocenters. The summed E-state index contributed by atoms with van der Waals surface area (Å²) >= 11 is 1.86. The lowest BCUT2D eigenvalue weighted by molar-refractivity contribution is 0.632. The molecule has 10 rings (SSSR count). The Morgan fingerprint density at radius 1 is 0.372 bits per heavy atom. The maximum Gasteiger partial charge on any atom is 0.136 e. The zero-order chi connectivity index (χ0) is 28.1. The molecule has 0 N–H and O–H groups in total. The number of hydrogen-bond acceptors (Lipinski definition) is 3. The van der Waals surface area contributed by atoms with E-state index >= 15 is 0 Å². The van der Waals surface area contributed by atoms with Gasteiger partial charge in [-0.05, 0) is 69.1 Å². The van der Waals surface area contributed by atoms with Gasteiger partial charge in [0.15, 0.2) is 0 Å². The molecule has 7 aromatic carbocycles. The Kier molecular flexibility index (Phi) is 4.63. The molecule has 3 heterocycles. The Balaban J connectivity index is 1.28. The van der Waals surface area contributed by atoms with Gasteiger partial charge in [-0.1, -0.05) is 97.1 Å². The molecule has 0 bridgehead atoms. The van der Waals surface area contributed by atoms with E-state index < -0.39 is 0 Å². The molecule has 0 saturated heterocycles. The Bertz CT molecular complexity index is 2680. The minimum absolute atomic E-state index is 0.863. The Hall–Kier alpha value is -5.38. The number of hydrogen-bond donors (Lipinski definition) is 0. The molecule has 3 aromatic heterocycles. The Morgan fingerprint density at radius 2 is 0.953 bits per heavy atom. The van der Waals surface area contributed by atoms with Gasteiger partial charge in [-0.25, -0.2) is 0 Å². The van der Waals surface area contributed by atoms with Gasteiger partial charge in [0.25, 0.3) is 0 Å². The average Bonchev–Trinajstić information content (AvgIpc) is 3.76. The van der Waals surface area contributed by atoms with Gasteiger partial charge in [-0.2, -0.15) is 0 Å². The molecule has 10 aromatic rings. The van der Waals surface area contributed by atoms with E-state index in [2.05, 4.69) is 109 Å². The van der Waals surface area contributed by atoms with E-state index in [-0.39, 0.29) is 0 Å². The van der Waals surface area contributed by atoms with Crippen LogP contribution in [0.25, 0.3) is 97.1 Å². The third-order valence-corrected chi connectivity index (χ3v) is 10.0. The van der Waals surface area contributed by atoms with E-state index in [1.807, 2.05) is 35.6 Å².